The normalized spacial score (nSPS) is 14.7. The maximum Gasteiger partial charge on any atom is 0.255 e. The van der Waals surface area contributed by atoms with Gasteiger partial charge in [0.1, 0.15) is 0 Å². The van der Waals surface area contributed by atoms with Gasteiger partial charge < -0.3 is 5.73 Å². The molecule has 14 heavy (non-hydrogen) atoms. The van der Waals surface area contributed by atoms with E-state index in [-0.39, 0.29) is 12.3 Å². The highest BCUT2D eigenvalue weighted by Gasteiger charge is 2.27. The highest BCUT2D eigenvalue weighted by Crippen LogP contribution is 2.30. The van der Waals surface area contributed by atoms with E-state index in [9.17, 15) is 10.0 Å². The van der Waals surface area contributed by atoms with Crippen molar-refractivity contribution < 1.29 is 10.0 Å². The lowest BCUT2D eigenvalue weighted by Gasteiger charge is -2.08. The van der Waals surface area contributed by atoms with Crippen LogP contribution in [0.15, 0.2) is 18.2 Å². The van der Waals surface area contributed by atoms with Crippen molar-refractivity contribution in [2.24, 2.45) is 5.73 Å². The van der Waals surface area contributed by atoms with Gasteiger partial charge >= 0.3 is 0 Å². The van der Waals surface area contributed by atoms with Crippen LogP contribution in [-0.4, -0.2) is 17.7 Å². The highest BCUT2D eigenvalue weighted by atomic mass is 16.5. The second-order valence-corrected chi connectivity index (χ2v) is 3.34. The van der Waals surface area contributed by atoms with Gasteiger partial charge in [0.05, 0.1) is 12.1 Å². The van der Waals surface area contributed by atoms with Gasteiger partial charge in [0.25, 0.3) is 5.91 Å². The summed E-state index contributed by atoms with van der Waals surface area (Å²) in [5.41, 5.74) is 8.02. The number of hydrogen-bond donors (Lipinski definition) is 2. The standard InChI is InChI=1S/C10H12N2O2/c11-5-4-7-2-1-3-9-8(7)6-10(13)12(9)14/h1-3,14H,4-6,11H2. The molecule has 2 rings (SSSR count). The third kappa shape index (κ3) is 1.29. The highest BCUT2D eigenvalue weighted by molar-refractivity contribution is 5.99. The summed E-state index contributed by atoms with van der Waals surface area (Å²) < 4.78 is 0. The maximum absolute atomic E-state index is 11.2. The van der Waals surface area contributed by atoms with Gasteiger partial charge in [0, 0.05) is 0 Å². The predicted molar refractivity (Wildman–Crippen MR) is 52.2 cm³/mol. The molecular formula is C10H12N2O2. The second kappa shape index (κ2) is 3.40. The fourth-order valence-electron chi connectivity index (χ4n) is 1.77. The largest absolute Gasteiger partial charge is 0.330 e. The molecule has 0 atom stereocenters. The van der Waals surface area contributed by atoms with Gasteiger partial charge in [-0.25, -0.2) is 0 Å². The molecule has 0 aromatic heterocycles. The van der Waals surface area contributed by atoms with Crippen molar-refractivity contribution >= 4 is 11.6 Å². The van der Waals surface area contributed by atoms with E-state index < -0.39 is 0 Å². The van der Waals surface area contributed by atoms with Crippen molar-refractivity contribution in [1.29, 1.82) is 0 Å². The third-order valence-electron chi connectivity index (χ3n) is 2.45. The van der Waals surface area contributed by atoms with Crippen LogP contribution >= 0.6 is 0 Å². The quantitative estimate of drug-likeness (QED) is 0.669. The molecule has 1 heterocycles. The van der Waals surface area contributed by atoms with Gasteiger partial charge in [-0.15, -0.1) is 0 Å². The number of benzene rings is 1. The minimum absolute atomic E-state index is 0.274. The molecule has 74 valence electrons. The van der Waals surface area contributed by atoms with Crippen molar-refractivity contribution in [2.75, 3.05) is 11.6 Å². The van der Waals surface area contributed by atoms with Crippen LogP contribution in [0.3, 0.4) is 0 Å². The van der Waals surface area contributed by atoms with Gasteiger partial charge in [-0.2, -0.15) is 5.06 Å². The molecule has 1 aliphatic heterocycles. The Bertz CT molecular complexity index is 376. The van der Waals surface area contributed by atoms with Crippen LogP contribution in [0.4, 0.5) is 5.69 Å². The number of carbonyl (C=O) groups is 1. The van der Waals surface area contributed by atoms with Crippen LogP contribution in [-0.2, 0) is 17.6 Å². The molecule has 0 bridgehead atoms. The number of anilines is 1. The molecule has 0 radical (unpaired) electrons. The summed E-state index contributed by atoms with van der Waals surface area (Å²) in [7, 11) is 0. The lowest BCUT2D eigenvalue weighted by Crippen LogP contribution is -2.21. The van der Waals surface area contributed by atoms with E-state index in [1.54, 1.807) is 6.07 Å². The Kier molecular flexibility index (Phi) is 2.23. The van der Waals surface area contributed by atoms with Crippen LogP contribution in [0.25, 0.3) is 0 Å². The number of nitrogens with zero attached hydrogens (tertiary/aromatic N) is 1. The van der Waals surface area contributed by atoms with E-state index in [1.807, 2.05) is 12.1 Å². The van der Waals surface area contributed by atoms with Gasteiger partial charge in [0.15, 0.2) is 0 Å². The molecule has 1 amide bonds. The SMILES string of the molecule is NCCc1cccc2c1CC(=O)N2O. The maximum atomic E-state index is 11.2. The summed E-state index contributed by atoms with van der Waals surface area (Å²) in [5.74, 6) is -0.274. The summed E-state index contributed by atoms with van der Waals surface area (Å²) in [6.07, 6.45) is 1.02. The number of carbonyl (C=O) groups excluding carboxylic acids is 1. The first-order valence-corrected chi connectivity index (χ1v) is 4.56. The van der Waals surface area contributed by atoms with Gasteiger partial charge in [-0.3, -0.25) is 10.0 Å². The lowest BCUT2D eigenvalue weighted by molar-refractivity contribution is -0.122. The number of fused-ring (bicyclic) bond motifs is 1. The minimum atomic E-state index is -0.274. The Morgan fingerprint density at radius 2 is 2.29 bits per heavy atom. The number of hydroxylamine groups is 1. The second-order valence-electron chi connectivity index (χ2n) is 3.34. The Balaban J connectivity index is 2.44. The Morgan fingerprint density at radius 3 is 3.00 bits per heavy atom. The zero-order valence-electron chi connectivity index (χ0n) is 7.73. The first-order valence-electron chi connectivity index (χ1n) is 4.56. The van der Waals surface area contributed by atoms with Gasteiger partial charge in [0.2, 0.25) is 0 Å². The van der Waals surface area contributed by atoms with E-state index in [4.69, 9.17) is 5.73 Å². The Hall–Kier alpha value is -1.39. The Labute approximate surface area is 81.9 Å². The molecule has 0 unspecified atom stereocenters. The van der Waals surface area contributed by atoms with E-state index in [1.165, 1.54) is 0 Å². The molecule has 1 aliphatic rings. The van der Waals surface area contributed by atoms with Crippen molar-refractivity contribution in [3.05, 3.63) is 29.3 Å². The van der Waals surface area contributed by atoms with Crippen LogP contribution < -0.4 is 10.8 Å². The fourth-order valence-corrected chi connectivity index (χ4v) is 1.77. The Morgan fingerprint density at radius 1 is 1.50 bits per heavy atom. The van der Waals surface area contributed by atoms with Crippen LogP contribution in [0, 0.1) is 0 Å². The first-order chi connectivity index (χ1) is 6.74. The van der Waals surface area contributed by atoms with Gasteiger partial charge in [-0.05, 0) is 30.2 Å². The van der Waals surface area contributed by atoms with Crippen molar-refractivity contribution in [3.8, 4) is 0 Å². The molecule has 0 saturated heterocycles. The van der Waals surface area contributed by atoms with Gasteiger partial charge in [-0.1, -0.05) is 12.1 Å². The van der Waals surface area contributed by atoms with Crippen molar-refractivity contribution in [3.63, 3.8) is 0 Å². The van der Waals surface area contributed by atoms with E-state index in [2.05, 4.69) is 0 Å². The van der Waals surface area contributed by atoms with Crippen molar-refractivity contribution in [1.82, 2.24) is 0 Å². The summed E-state index contributed by atoms with van der Waals surface area (Å²) in [4.78, 5) is 11.2. The number of nitrogens with two attached hydrogens (primary N) is 1. The summed E-state index contributed by atoms with van der Waals surface area (Å²) in [6.45, 7) is 0.552. The third-order valence-corrected chi connectivity index (χ3v) is 2.45. The minimum Gasteiger partial charge on any atom is -0.330 e. The summed E-state index contributed by atoms with van der Waals surface area (Å²) in [5, 5.41) is 10.1. The fraction of sp³-hybridized carbons (Fsp3) is 0.300. The molecular weight excluding hydrogens is 180 g/mol. The van der Waals surface area contributed by atoms with Crippen molar-refractivity contribution in [2.45, 2.75) is 12.8 Å². The van der Waals surface area contributed by atoms with Crippen LogP contribution in [0.5, 0.6) is 0 Å². The van der Waals surface area contributed by atoms with Crippen LogP contribution in [0.1, 0.15) is 11.1 Å². The average Bonchev–Trinajstić information content (AvgIpc) is 2.46. The first kappa shape index (κ1) is 9.18. The smallest absolute Gasteiger partial charge is 0.255 e. The monoisotopic (exact) mass is 192 g/mol. The molecule has 4 heteroatoms. The molecule has 0 aliphatic carbocycles. The molecule has 0 saturated carbocycles. The molecule has 0 spiro atoms. The number of rotatable bonds is 2. The predicted octanol–water partition coefficient (Wildman–Crippen LogP) is 0.466. The van der Waals surface area contributed by atoms with E-state index in [0.717, 1.165) is 22.6 Å². The molecule has 4 nitrogen and oxygen atoms in total. The number of amides is 1. The average molecular weight is 192 g/mol. The lowest BCUT2D eigenvalue weighted by atomic mass is 10.0. The number of hydrogen-bond acceptors (Lipinski definition) is 3. The molecule has 1 aromatic carbocycles. The zero-order valence-corrected chi connectivity index (χ0v) is 7.73. The molecule has 0 fully saturated rings. The van der Waals surface area contributed by atoms with E-state index >= 15 is 0 Å². The zero-order chi connectivity index (χ0) is 10.1. The van der Waals surface area contributed by atoms with E-state index in [0.29, 0.717) is 12.2 Å². The summed E-state index contributed by atoms with van der Waals surface area (Å²) in [6, 6.07) is 5.50. The molecule has 3 N–H and O–H groups in total. The molecule has 1 aromatic rings. The topological polar surface area (TPSA) is 66.6 Å². The summed E-state index contributed by atoms with van der Waals surface area (Å²) >= 11 is 0. The van der Waals surface area contributed by atoms with Crippen LogP contribution in [0.2, 0.25) is 0 Å².